The Morgan fingerprint density at radius 3 is 1.33 bits per heavy atom. The molecule has 0 aromatic rings. The third-order valence-electron chi connectivity index (χ3n) is 0.644. The Morgan fingerprint density at radius 1 is 1.25 bits per heavy atom. The van der Waals surface area contributed by atoms with Gasteiger partial charge in [-0.05, 0) is 11.7 Å². The van der Waals surface area contributed by atoms with E-state index in [-0.39, 0.29) is 45.1 Å². The van der Waals surface area contributed by atoms with E-state index in [2.05, 4.69) is 6.92 Å². The fourth-order valence-corrected chi connectivity index (χ4v) is 0. The average molecular weight is 211 g/mol. The quantitative estimate of drug-likeness (QED) is 0.606. The fraction of sp³-hybridized carbons (Fsp3) is 0.700. The molecule has 0 amide bonds. The number of rotatable bonds is 1. The zero-order valence-corrected chi connectivity index (χ0v) is 8.61. The molecular weight excluding hydrogens is 187 g/mol. The van der Waals surface area contributed by atoms with Gasteiger partial charge < -0.3 is 18.1 Å². The van der Waals surface area contributed by atoms with Gasteiger partial charge in [0.25, 0.3) is 0 Å². The summed E-state index contributed by atoms with van der Waals surface area (Å²) in [6, 6.07) is 0. The smallest absolute Gasteiger partial charge is 0.339 e. The average Bonchev–Trinajstić information content (AvgIpc) is 1.68. The van der Waals surface area contributed by atoms with Crippen LogP contribution in [0.15, 0.2) is 0 Å². The molecule has 0 aromatic heterocycles. The van der Waals surface area contributed by atoms with Gasteiger partial charge in [0.05, 0.1) is 0 Å². The van der Waals surface area contributed by atoms with E-state index in [0.717, 1.165) is 0 Å². The molecule has 0 heterocycles. The van der Waals surface area contributed by atoms with Crippen molar-refractivity contribution < 1.29 is 23.4 Å². The van der Waals surface area contributed by atoms with Crippen molar-refractivity contribution in [1.82, 2.24) is 0 Å². The summed E-state index contributed by atoms with van der Waals surface area (Å²) in [5.74, 6) is 0.111. The Morgan fingerprint density at radius 2 is 1.33 bits per heavy atom. The van der Waals surface area contributed by atoms with E-state index in [4.69, 9.17) is 0 Å². The van der Waals surface area contributed by atoms with Crippen LogP contribution in [0.2, 0.25) is 0 Å². The summed E-state index contributed by atoms with van der Waals surface area (Å²) in [6.07, 6.45) is 2.00. The topological polar surface area (TPSA) is 17.1 Å². The van der Waals surface area contributed by atoms with Crippen molar-refractivity contribution in [2.45, 2.75) is 42.5 Å². The van der Waals surface area contributed by atoms with E-state index in [9.17, 15) is 4.79 Å². The Bertz CT molecular complexity index is 70.2. The summed E-state index contributed by atoms with van der Waals surface area (Å²) in [6.45, 7) is 10.9. The van der Waals surface area contributed by atoms with E-state index in [1.165, 1.54) is 0 Å². The van der Waals surface area contributed by atoms with Crippen LogP contribution >= 0.6 is 0 Å². The maximum absolute atomic E-state index is 10.0. The molecular formula is C10H24OV. The number of carbonyl (C=O) groups excluding carboxylic acids is 1. The molecule has 0 bridgehead atoms. The second-order valence-corrected chi connectivity index (χ2v) is 2.20. The van der Waals surface area contributed by atoms with Crippen LogP contribution in [0.1, 0.15) is 42.5 Å². The molecule has 1 nitrogen and oxygen atoms in total. The summed E-state index contributed by atoms with van der Waals surface area (Å²) >= 11 is 0. The minimum Gasteiger partial charge on any atom is -0.339 e. The molecule has 0 saturated carbocycles. The number of hydrogen-bond acceptors (Lipinski definition) is 1. The summed E-state index contributed by atoms with van der Waals surface area (Å²) in [5.41, 5.74) is 0. The van der Waals surface area contributed by atoms with E-state index < -0.39 is 0 Å². The molecule has 0 rings (SSSR count). The summed E-state index contributed by atoms with van der Waals surface area (Å²) in [5, 5.41) is 0. The summed E-state index contributed by atoms with van der Waals surface area (Å²) < 4.78 is 0. The normalized spacial score (nSPS) is 6.08. The zero-order valence-electron chi connectivity index (χ0n) is 7.22. The van der Waals surface area contributed by atoms with Gasteiger partial charge in [-0.1, -0.05) is 28.7 Å². The summed E-state index contributed by atoms with van der Waals surface area (Å²) in [4.78, 5) is 10.0. The van der Waals surface area contributed by atoms with Gasteiger partial charge in [-0.2, -0.15) is 13.8 Å². The van der Waals surface area contributed by atoms with Gasteiger partial charge in [-0.15, -0.1) is 0 Å². The number of hydrogen-bond donors (Lipinski definition) is 0. The van der Waals surface area contributed by atoms with Crippen LogP contribution in [0.25, 0.3) is 0 Å². The Balaban J connectivity index is -0.0000000246. The summed E-state index contributed by atoms with van der Waals surface area (Å²) in [7, 11) is 0. The first-order valence-corrected chi connectivity index (χ1v) is 3.16. The molecule has 0 atom stereocenters. The Kier molecular flexibility index (Phi) is 55.3. The van der Waals surface area contributed by atoms with Gasteiger partial charge >= 0.3 is 18.6 Å². The first-order valence-electron chi connectivity index (χ1n) is 3.16. The molecule has 2 heteroatoms. The predicted molar refractivity (Wildman–Crippen MR) is 54.3 cm³/mol. The molecule has 0 unspecified atom stereocenters. The fourth-order valence-electron chi connectivity index (χ4n) is 0. The first-order chi connectivity index (χ1) is 4.06. The second kappa shape index (κ2) is 22.5. The maximum atomic E-state index is 10.0. The number of carbonyl (C=O) groups is 1. The van der Waals surface area contributed by atoms with E-state index in [0.29, 0.717) is 0 Å². The van der Waals surface area contributed by atoms with Gasteiger partial charge in [-0.25, -0.2) is 0 Å². The molecule has 0 aromatic carbocycles. The molecule has 1 radical (unpaired) electrons. The Labute approximate surface area is 91.2 Å². The number of Topliss-reactive ketones (excluding diaryl/α,β-unsaturated/α-hetero) is 1. The molecule has 0 spiro atoms. The minimum absolute atomic E-state index is 0. The van der Waals surface area contributed by atoms with Crippen molar-refractivity contribution in [1.29, 1.82) is 0 Å². The van der Waals surface area contributed by atoms with Crippen molar-refractivity contribution in [3.63, 3.8) is 0 Å². The van der Waals surface area contributed by atoms with Crippen molar-refractivity contribution in [2.75, 3.05) is 0 Å². The van der Waals surface area contributed by atoms with Crippen molar-refractivity contribution >= 4 is 5.78 Å². The largest absolute Gasteiger partial charge is 2.00 e. The molecule has 0 aliphatic rings. The monoisotopic (exact) mass is 211 g/mol. The SMILES string of the molecule is C.C.C[CH-]C.[CH2-]C(=O)C(C)C.[V+2]. The van der Waals surface area contributed by atoms with Crippen molar-refractivity contribution in [2.24, 2.45) is 5.92 Å². The molecule has 0 aliphatic heterocycles. The van der Waals surface area contributed by atoms with Crippen LogP contribution in [0.4, 0.5) is 0 Å². The molecule has 0 aliphatic carbocycles. The minimum atomic E-state index is 0. The third kappa shape index (κ3) is 49.6. The van der Waals surface area contributed by atoms with Gasteiger partial charge in [0.15, 0.2) is 0 Å². The predicted octanol–water partition coefficient (Wildman–Crippen LogP) is 3.55. The van der Waals surface area contributed by atoms with E-state index in [1.807, 2.05) is 34.1 Å². The van der Waals surface area contributed by atoms with Crippen LogP contribution in [0, 0.1) is 19.3 Å². The molecule has 12 heavy (non-hydrogen) atoms. The van der Waals surface area contributed by atoms with E-state index >= 15 is 0 Å². The Hall–Kier alpha value is 0.124. The van der Waals surface area contributed by atoms with Gasteiger partial charge in [0.2, 0.25) is 0 Å². The van der Waals surface area contributed by atoms with Crippen LogP contribution in [0.5, 0.6) is 0 Å². The molecule has 0 N–H and O–H groups in total. The van der Waals surface area contributed by atoms with Gasteiger partial charge in [0, 0.05) is 0 Å². The second-order valence-electron chi connectivity index (χ2n) is 2.20. The van der Waals surface area contributed by atoms with Gasteiger partial charge in [-0.3, -0.25) is 0 Å². The van der Waals surface area contributed by atoms with E-state index in [1.54, 1.807) is 0 Å². The number of ketones is 1. The first kappa shape index (κ1) is 29.6. The maximum Gasteiger partial charge on any atom is 2.00 e. The molecule has 0 fully saturated rings. The van der Waals surface area contributed by atoms with Crippen LogP contribution in [-0.2, 0) is 23.4 Å². The van der Waals surface area contributed by atoms with Crippen molar-refractivity contribution in [3.05, 3.63) is 13.3 Å². The molecule has 75 valence electrons. The van der Waals surface area contributed by atoms with Crippen LogP contribution in [-0.4, -0.2) is 5.78 Å². The zero-order chi connectivity index (χ0) is 7.86. The van der Waals surface area contributed by atoms with Crippen LogP contribution < -0.4 is 0 Å². The standard InChI is InChI=1S/C5H9O.C3H7.2CH4.V/c1-4(2)5(3)6;1-3-2;;;/h4H,3H2,1-2H3;3H,1-2H3;2*1H4;/q2*-1;;;+2. The molecule has 0 saturated heterocycles. The third-order valence-corrected chi connectivity index (χ3v) is 0.644. The van der Waals surface area contributed by atoms with Gasteiger partial charge in [0.1, 0.15) is 0 Å². The van der Waals surface area contributed by atoms with Crippen molar-refractivity contribution in [3.8, 4) is 0 Å². The van der Waals surface area contributed by atoms with Crippen LogP contribution in [0.3, 0.4) is 0 Å².